The topological polar surface area (TPSA) is 48.5 Å². The van der Waals surface area contributed by atoms with Gasteiger partial charge in [-0.25, -0.2) is 15.0 Å². The third kappa shape index (κ3) is 4.91. The van der Waals surface area contributed by atoms with Crippen molar-refractivity contribution >= 4 is 75.1 Å². The van der Waals surface area contributed by atoms with Gasteiger partial charge in [-0.1, -0.05) is 146 Å². The summed E-state index contributed by atoms with van der Waals surface area (Å²) in [7, 11) is 0. The molecule has 8 aromatic carbocycles. The van der Waals surface area contributed by atoms with Crippen LogP contribution in [0.5, 0.6) is 0 Å². The maximum atomic E-state index is 5.10. The zero-order valence-corrected chi connectivity index (χ0v) is 31.4. The van der Waals surface area contributed by atoms with Gasteiger partial charge in [0.25, 0.3) is 0 Å². The minimum absolute atomic E-state index is 0.658. The predicted molar refractivity (Wildman–Crippen MR) is 238 cm³/mol. The highest BCUT2D eigenvalue weighted by molar-refractivity contribution is 7.26. The monoisotopic (exact) mass is 745 g/mol. The van der Waals surface area contributed by atoms with E-state index in [2.05, 4.69) is 161 Å². The van der Waals surface area contributed by atoms with E-state index < -0.39 is 0 Å². The fourth-order valence-corrected chi connectivity index (χ4v) is 9.89. The first kappa shape index (κ1) is 31.9. The molecule has 57 heavy (non-hydrogen) atoms. The van der Waals surface area contributed by atoms with Gasteiger partial charge in [-0.05, 0) is 42.5 Å². The second kappa shape index (κ2) is 12.6. The fraction of sp³-hybridized carbons (Fsp3) is 0. The molecule has 4 aromatic heterocycles. The average Bonchev–Trinajstić information content (AvgIpc) is 3.94. The van der Waals surface area contributed by atoms with Crippen LogP contribution in [0, 0.1) is 0 Å². The Morgan fingerprint density at radius 2 is 0.842 bits per heavy atom. The predicted octanol–water partition coefficient (Wildman–Crippen LogP) is 13.4. The Hall–Kier alpha value is -7.41. The molecule has 0 amide bonds. The van der Waals surface area contributed by atoms with E-state index in [1.54, 1.807) is 11.3 Å². The lowest BCUT2D eigenvalue weighted by Gasteiger charge is -2.12. The number of aromatic nitrogens is 5. The zero-order chi connectivity index (χ0) is 37.5. The Labute approximate surface area is 331 Å². The summed E-state index contributed by atoms with van der Waals surface area (Å²) >= 11 is 1.80. The van der Waals surface area contributed by atoms with Crippen LogP contribution in [0.15, 0.2) is 188 Å². The fourth-order valence-electron chi connectivity index (χ4n) is 8.65. The van der Waals surface area contributed by atoms with Crippen LogP contribution in [0.1, 0.15) is 0 Å². The highest BCUT2D eigenvalue weighted by atomic mass is 32.1. The maximum Gasteiger partial charge on any atom is 0.165 e. The highest BCUT2D eigenvalue weighted by Gasteiger charge is 2.22. The van der Waals surface area contributed by atoms with Crippen LogP contribution in [0.3, 0.4) is 0 Å². The molecule has 0 bridgehead atoms. The third-order valence-electron chi connectivity index (χ3n) is 11.2. The number of benzene rings is 8. The molecule has 0 aliphatic rings. The lowest BCUT2D eigenvalue weighted by atomic mass is 10.1. The summed E-state index contributed by atoms with van der Waals surface area (Å²) in [5, 5.41) is 7.35. The molecule has 0 unspecified atom stereocenters. The molecule has 0 aliphatic heterocycles. The van der Waals surface area contributed by atoms with Gasteiger partial charge in [0, 0.05) is 69.8 Å². The first-order chi connectivity index (χ1) is 28.3. The van der Waals surface area contributed by atoms with Crippen molar-refractivity contribution in [2.45, 2.75) is 0 Å². The molecule has 0 aliphatic carbocycles. The van der Waals surface area contributed by atoms with Gasteiger partial charge in [0.2, 0.25) is 0 Å². The highest BCUT2D eigenvalue weighted by Crippen LogP contribution is 2.44. The van der Waals surface area contributed by atoms with E-state index in [1.165, 1.54) is 59.1 Å². The number of nitrogens with zero attached hydrogens (tertiary/aromatic N) is 5. The van der Waals surface area contributed by atoms with Crippen molar-refractivity contribution in [2.75, 3.05) is 0 Å². The summed E-state index contributed by atoms with van der Waals surface area (Å²) < 4.78 is 7.27. The molecular formula is C51H31N5S. The Balaban J connectivity index is 1.11. The van der Waals surface area contributed by atoms with Crippen LogP contribution in [0.2, 0.25) is 0 Å². The molecule has 0 N–H and O–H groups in total. The summed E-state index contributed by atoms with van der Waals surface area (Å²) in [5.41, 5.74) is 9.95. The molecule has 12 rings (SSSR count). The number of fused-ring (bicyclic) bond motifs is 10. The molecule has 0 atom stereocenters. The van der Waals surface area contributed by atoms with Gasteiger partial charge in [0.1, 0.15) is 0 Å². The largest absolute Gasteiger partial charge is 0.307 e. The maximum absolute atomic E-state index is 5.10. The molecule has 0 saturated carbocycles. The van der Waals surface area contributed by atoms with Gasteiger partial charge < -0.3 is 9.13 Å². The number of thiophene rings is 1. The summed E-state index contributed by atoms with van der Waals surface area (Å²) in [6.07, 6.45) is 0. The number of rotatable bonds is 5. The van der Waals surface area contributed by atoms with E-state index in [0.717, 1.165) is 32.8 Å². The van der Waals surface area contributed by atoms with Gasteiger partial charge >= 0.3 is 0 Å². The van der Waals surface area contributed by atoms with Crippen molar-refractivity contribution in [3.8, 4) is 45.5 Å². The van der Waals surface area contributed by atoms with E-state index in [4.69, 9.17) is 15.0 Å². The minimum atomic E-state index is 0.658. The number of hydrogen-bond donors (Lipinski definition) is 0. The molecule has 266 valence electrons. The van der Waals surface area contributed by atoms with Crippen LogP contribution in [-0.4, -0.2) is 24.1 Å². The van der Waals surface area contributed by atoms with Crippen LogP contribution < -0.4 is 0 Å². The summed E-state index contributed by atoms with van der Waals surface area (Å²) in [5.74, 6) is 1.98. The van der Waals surface area contributed by atoms with Crippen molar-refractivity contribution in [2.24, 2.45) is 0 Å². The second-order valence-electron chi connectivity index (χ2n) is 14.4. The van der Waals surface area contributed by atoms with E-state index in [9.17, 15) is 0 Å². The molecule has 0 fully saturated rings. The van der Waals surface area contributed by atoms with Gasteiger partial charge in [0.05, 0.1) is 22.1 Å². The first-order valence-electron chi connectivity index (χ1n) is 19.1. The molecular weight excluding hydrogens is 715 g/mol. The van der Waals surface area contributed by atoms with Crippen LogP contribution in [0.4, 0.5) is 0 Å². The van der Waals surface area contributed by atoms with E-state index in [-0.39, 0.29) is 0 Å². The SMILES string of the molecule is c1ccc(-c2nc(-c3ccccc3)nc(-c3cccc4c3sc3cc(-n5c6ccccc6c6ccc7c8ccccc8n(-c8ccccc8)c7c65)ccc34)n2)cc1. The third-order valence-corrected chi connectivity index (χ3v) is 12.4. The lowest BCUT2D eigenvalue weighted by Crippen LogP contribution is -2.00. The molecule has 0 spiro atoms. The second-order valence-corrected chi connectivity index (χ2v) is 15.5. The normalized spacial score (nSPS) is 11.9. The van der Waals surface area contributed by atoms with Crippen molar-refractivity contribution in [3.05, 3.63) is 188 Å². The van der Waals surface area contributed by atoms with Crippen molar-refractivity contribution < 1.29 is 0 Å². The van der Waals surface area contributed by atoms with Crippen molar-refractivity contribution in [3.63, 3.8) is 0 Å². The van der Waals surface area contributed by atoms with E-state index in [1.807, 2.05) is 36.4 Å². The molecule has 0 radical (unpaired) electrons. The van der Waals surface area contributed by atoms with Gasteiger partial charge in [-0.15, -0.1) is 11.3 Å². The first-order valence-corrected chi connectivity index (χ1v) is 19.9. The van der Waals surface area contributed by atoms with Crippen LogP contribution >= 0.6 is 11.3 Å². The molecule has 12 aromatic rings. The lowest BCUT2D eigenvalue weighted by molar-refractivity contribution is 1.08. The quantitative estimate of drug-likeness (QED) is 0.176. The molecule has 5 nitrogen and oxygen atoms in total. The average molecular weight is 746 g/mol. The standard InChI is InChI=1S/C51H31N5S/c1-4-15-32(16-5-1)49-52-50(33-17-6-2-7-18-33)54-51(53-49)42-24-14-23-41-38-28-27-35(31-45(38)57-48(41)42)56-44-26-13-11-22-37(44)40-30-29-39-36-21-10-12-25-43(36)55(46(39)47(40)56)34-19-8-3-9-20-34/h1-31H. The van der Waals surface area contributed by atoms with Gasteiger partial charge in [0.15, 0.2) is 17.5 Å². The summed E-state index contributed by atoms with van der Waals surface area (Å²) in [4.78, 5) is 15.2. The van der Waals surface area contributed by atoms with E-state index >= 15 is 0 Å². The van der Waals surface area contributed by atoms with Crippen molar-refractivity contribution in [1.82, 2.24) is 24.1 Å². The van der Waals surface area contributed by atoms with Gasteiger partial charge in [-0.2, -0.15) is 0 Å². The number of hydrogen-bond acceptors (Lipinski definition) is 4. The van der Waals surface area contributed by atoms with Crippen molar-refractivity contribution in [1.29, 1.82) is 0 Å². The Kier molecular flexibility index (Phi) is 7.03. The zero-order valence-electron chi connectivity index (χ0n) is 30.5. The Bertz CT molecular complexity index is 3450. The molecule has 4 heterocycles. The van der Waals surface area contributed by atoms with Crippen LogP contribution in [-0.2, 0) is 0 Å². The molecule has 6 heteroatoms. The smallest absolute Gasteiger partial charge is 0.165 e. The van der Waals surface area contributed by atoms with E-state index in [0.29, 0.717) is 17.5 Å². The summed E-state index contributed by atoms with van der Waals surface area (Å²) in [6.45, 7) is 0. The summed E-state index contributed by atoms with van der Waals surface area (Å²) in [6, 6.07) is 66.7. The molecule has 0 saturated heterocycles. The Morgan fingerprint density at radius 1 is 0.351 bits per heavy atom. The minimum Gasteiger partial charge on any atom is -0.307 e. The van der Waals surface area contributed by atoms with Crippen LogP contribution in [0.25, 0.3) is 109 Å². The number of para-hydroxylation sites is 3. The Morgan fingerprint density at radius 3 is 1.46 bits per heavy atom. The van der Waals surface area contributed by atoms with Gasteiger partial charge in [-0.3, -0.25) is 0 Å².